The van der Waals surface area contributed by atoms with Gasteiger partial charge in [-0.15, -0.1) is 0 Å². The third kappa shape index (κ3) is 2.58. The Morgan fingerprint density at radius 1 is 1.69 bits per heavy atom. The summed E-state index contributed by atoms with van der Waals surface area (Å²) in [5.74, 6) is 0. The van der Waals surface area contributed by atoms with Crippen LogP contribution >= 0.6 is 0 Å². The summed E-state index contributed by atoms with van der Waals surface area (Å²) in [5, 5.41) is 3.39. The first kappa shape index (κ1) is 10.3. The standard InChI is InChI=1S/C6H12N4O2S/c1-13(11,12)10-4-2-3-6(10)5-8-9-7/h6H,2-5H2,1H3. The van der Waals surface area contributed by atoms with E-state index in [4.69, 9.17) is 5.53 Å². The normalized spacial score (nSPS) is 24.2. The van der Waals surface area contributed by atoms with Crippen LogP contribution in [0.3, 0.4) is 0 Å². The molecular weight excluding hydrogens is 192 g/mol. The summed E-state index contributed by atoms with van der Waals surface area (Å²) in [6.07, 6.45) is 2.81. The van der Waals surface area contributed by atoms with Crippen LogP contribution in [-0.2, 0) is 10.0 Å². The summed E-state index contributed by atoms with van der Waals surface area (Å²) < 4.78 is 23.8. The number of rotatable bonds is 3. The van der Waals surface area contributed by atoms with Gasteiger partial charge in [-0.2, -0.15) is 4.31 Å². The highest BCUT2D eigenvalue weighted by Crippen LogP contribution is 2.20. The van der Waals surface area contributed by atoms with Crippen molar-refractivity contribution in [1.29, 1.82) is 0 Å². The van der Waals surface area contributed by atoms with Crippen molar-refractivity contribution in [2.45, 2.75) is 18.9 Å². The van der Waals surface area contributed by atoms with E-state index in [1.807, 2.05) is 0 Å². The molecule has 0 bridgehead atoms. The number of hydrogen-bond donors (Lipinski definition) is 0. The maximum atomic E-state index is 11.2. The second-order valence-corrected chi connectivity index (χ2v) is 5.02. The topological polar surface area (TPSA) is 86.1 Å². The van der Waals surface area contributed by atoms with E-state index >= 15 is 0 Å². The number of azide groups is 1. The molecule has 0 saturated carbocycles. The van der Waals surface area contributed by atoms with Crippen molar-refractivity contribution in [1.82, 2.24) is 4.31 Å². The van der Waals surface area contributed by atoms with E-state index in [9.17, 15) is 8.42 Å². The van der Waals surface area contributed by atoms with Crippen LogP contribution in [0.1, 0.15) is 12.8 Å². The summed E-state index contributed by atoms with van der Waals surface area (Å²) >= 11 is 0. The van der Waals surface area contributed by atoms with Gasteiger partial charge in [0.2, 0.25) is 10.0 Å². The van der Waals surface area contributed by atoms with Gasteiger partial charge in [0, 0.05) is 24.0 Å². The Balaban J connectivity index is 2.69. The minimum absolute atomic E-state index is 0.133. The second-order valence-electron chi connectivity index (χ2n) is 3.08. The zero-order valence-electron chi connectivity index (χ0n) is 7.42. The Kier molecular flexibility index (Phi) is 3.13. The monoisotopic (exact) mass is 204 g/mol. The van der Waals surface area contributed by atoms with Crippen LogP contribution in [0.2, 0.25) is 0 Å². The Morgan fingerprint density at radius 2 is 2.38 bits per heavy atom. The molecule has 0 N–H and O–H groups in total. The molecule has 0 radical (unpaired) electrons. The molecule has 6 nitrogen and oxygen atoms in total. The van der Waals surface area contributed by atoms with Crippen molar-refractivity contribution in [2.24, 2.45) is 5.11 Å². The molecule has 0 aromatic rings. The lowest BCUT2D eigenvalue weighted by atomic mass is 10.2. The van der Waals surface area contributed by atoms with Crippen LogP contribution < -0.4 is 0 Å². The average molecular weight is 204 g/mol. The van der Waals surface area contributed by atoms with E-state index in [1.165, 1.54) is 10.6 Å². The van der Waals surface area contributed by atoms with Crippen LogP contribution in [0.4, 0.5) is 0 Å². The maximum absolute atomic E-state index is 11.2. The fourth-order valence-corrected chi connectivity index (χ4v) is 2.73. The third-order valence-electron chi connectivity index (χ3n) is 2.10. The highest BCUT2D eigenvalue weighted by molar-refractivity contribution is 7.88. The fourth-order valence-electron chi connectivity index (χ4n) is 1.56. The largest absolute Gasteiger partial charge is 0.212 e. The van der Waals surface area contributed by atoms with E-state index in [0.29, 0.717) is 6.54 Å². The first-order chi connectivity index (χ1) is 6.05. The average Bonchev–Trinajstić information content (AvgIpc) is 2.47. The predicted molar refractivity (Wildman–Crippen MR) is 48.6 cm³/mol. The SMILES string of the molecule is CS(=O)(=O)N1CCCC1CN=[N+]=[N-]. The van der Waals surface area contributed by atoms with Crippen LogP contribution in [0.25, 0.3) is 10.4 Å². The highest BCUT2D eigenvalue weighted by atomic mass is 32.2. The molecule has 1 fully saturated rings. The van der Waals surface area contributed by atoms with Crippen molar-refractivity contribution in [3.05, 3.63) is 10.4 Å². The third-order valence-corrected chi connectivity index (χ3v) is 3.44. The van der Waals surface area contributed by atoms with Gasteiger partial charge in [-0.3, -0.25) is 0 Å². The molecule has 1 aliphatic rings. The Bertz CT molecular complexity index is 320. The molecule has 0 aromatic heterocycles. The van der Waals surface area contributed by atoms with Gasteiger partial charge in [-0.05, 0) is 18.4 Å². The van der Waals surface area contributed by atoms with Crippen LogP contribution in [-0.4, -0.2) is 38.1 Å². The molecule has 7 heteroatoms. The van der Waals surface area contributed by atoms with Gasteiger partial charge in [-0.1, -0.05) is 5.11 Å². The van der Waals surface area contributed by atoms with Crippen LogP contribution in [0, 0.1) is 0 Å². The summed E-state index contributed by atoms with van der Waals surface area (Å²) in [7, 11) is -3.13. The molecule has 0 amide bonds. The number of nitrogens with zero attached hydrogens (tertiary/aromatic N) is 4. The fraction of sp³-hybridized carbons (Fsp3) is 1.00. The lowest BCUT2D eigenvalue weighted by Gasteiger charge is -2.19. The molecule has 1 atom stereocenters. The van der Waals surface area contributed by atoms with Crippen molar-refractivity contribution in [3.8, 4) is 0 Å². The number of sulfonamides is 1. The first-order valence-corrected chi connectivity index (χ1v) is 5.88. The van der Waals surface area contributed by atoms with Gasteiger partial charge in [0.15, 0.2) is 0 Å². The van der Waals surface area contributed by atoms with E-state index in [0.717, 1.165) is 12.8 Å². The highest BCUT2D eigenvalue weighted by Gasteiger charge is 2.30. The lowest BCUT2D eigenvalue weighted by molar-refractivity contribution is 0.396. The molecule has 1 heterocycles. The van der Waals surface area contributed by atoms with Crippen molar-refractivity contribution in [3.63, 3.8) is 0 Å². The molecule has 13 heavy (non-hydrogen) atoms. The van der Waals surface area contributed by atoms with Gasteiger partial charge >= 0.3 is 0 Å². The van der Waals surface area contributed by atoms with E-state index < -0.39 is 10.0 Å². The Hall–Kier alpha value is -0.780. The van der Waals surface area contributed by atoms with E-state index in [-0.39, 0.29) is 12.6 Å². The minimum Gasteiger partial charge on any atom is -0.212 e. The molecule has 1 unspecified atom stereocenters. The number of hydrogen-bond acceptors (Lipinski definition) is 3. The first-order valence-electron chi connectivity index (χ1n) is 4.03. The zero-order chi connectivity index (χ0) is 9.90. The van der Waals surface area contributed by atoms with Crippen LogP contribution in [0.5, 0.6) is 0 Å². The summed E-state index contributed by atoms with van der Waals surface area (Å²) in [6, 6.07) is -0.133. The van der Waals surface area contributed by atoms with Gasteiger partial charge < -0.3 is 0 Å². The van der Waals surface area contributed by atoms with Gasteiger partial charge in [-0.25, -0.2) is 8.42 Å². The molecular formula is C6H12N4O2S. The van der Waals surface area contributed by atoms with E-state index in [1.54, 1.807) is 0 Å². The van der Waals surface area contributed by atoms with E-state index in [2.05, 4.69) is 10.0 Å². The van der Waals surface area contributed by atoms with Gasteiger partial charge in [0.1, 0.15) is 0 Å². The summed E-state index contributed by atoms with van der Waals surface area (Å²) in [6.45, 7) is 0.786. The van der Waals surface area contributed by atoms with Gasteiger partial charge in [0.25, 0.3) is 0 Å². The smallest absolute Gasteiger partial charge is 0.211 e. The lowest BCUT2D eigenvalue weighted by Crippen LogP contribution is -2.36. The summed E-state index contributed by atoms with van der Waals surface area (Å²) in [5.41, 5.74) is 8.11. The quantitative estimate of drug-likeness (QED) is 0.385. The molecule has 1 rings (SSSR count). The molecule has 0 spiro atoms. The zero-order valence-corrected chi connectivity index (χ0v) is 8.24. The molecule has 1 aliphatic heterocycles. The molecule has 0 aliphatic carbocycles. The molecule has 74 valence electrons. The predicted octanol–water partition coefficient (Wildman–Crippen LogP) is 0.721. The molecule has 0 aromatic carbocycles. The minimum atomic E-state index is -3.13. The summed E-state index contributed by atoms with van der Waals surface area (Å²) in [4.78, 5) is 2.62. The Labute approximate surface area is 77.2 Å². The second kappa shape index (κ2) is 3.95. The van der Waals surface area contributed by atoms with Crippen molar-refractivity contribution < 1.29 is 8.42 Å². The molecule has 1 saturated heterocycles. The van der Waals surface area contributed by atoms with Crippen molar-refractivity contribution >= 4 is 10.0 Å². The van der Waals surface area contributed by atoms with Crippen LogP contribution in [0.15, 0.2) is 5.11 Å². The van der Waals surface area contributed by atoms with Gasteiger partial charge in [0.05, 0.1) is 6.26 Å². The Morgan fingerprint density at radius 3 is 2.92 bits per heavy atom. The van der Waals surface area contributed by atoms with Crippen molar-refractivity contribution in [2.75, 3.05) is 19.3 Å². The maximum Gasteiger partial charge on any atom is 0.211 e.